The lowest BCUT2D eigenvalue weighted by Gasteiger charge is -2.24. The topological polar surface area (TPSA) is 72.2 Å². The Morgan fingerprint density at radius 1 is 0.800 bits per heavy atom. The third kappa shape index (κ3) is 16.2. The monoisotopic (exact) mass is 490 g/mol. The van der Waals surface area contributed by atoms with E-state index >= 15 is 0 Å². The minimum atomic E-state index is -0.814. The Hall–Kier alpha value is -0.580. The Labute approximate surface area is 196 Å². The van der Waals surface area contributed by atoms with E-state index in [0.29, 0.717) is 12.8 Å². The second-order valence-corrected chi connectivity index (χ2v) is 10.2. The van der Waals surface area contributed by atoms with Crippen LogP contribution in [0.25, 0.3) is 0 Å². The standard InChI is InChI=1S/C18H38.C7H13BrN2O2/c1-5-8-11-12-13-16-18(15-10-7-3)17(4)14-9-6-2;1-3-7(8,4-2)5(11)10-6(9)12/h17-18H,5-16H2,1-4H3;3-4H2,1-2H3,(H3,9,10,11,12). The number of amides is 3. The van der Waals surface area contributed by atoms with E-state index in [1.54, 1.807) is 0 Å². The number of rotatable bonds is 16. The summed E-state index contributed by atoms with van der Waals surface area (Å²) in [7, 11) is 0. The Morgan fingerprint density at radius 2 is 1.27 bits per heavy atom. The van der Waals surface area contributed by atoms with Crippen LogP contribution in [0.3, 0.4) is 0 Å². The SMILES string of the molecule is CCC(Br)(CC)C(=O)NC(N)=O.CCCCCCCC(CCCC)C(C)CCCC. The van der Waals surface area contributed by atoms with Crippen molar-refractivity contribution in [2.24, 2.45) is 17.6 Å². The summed E-state index contributed by atoms with van der Waals surface area (Å²) in [5.41, 5.74) is 4.81. The lowest BCUT2D eigenvalue weighted by Crippen LogP contribution is -2.46. The fraction of sp³-hybridized carbons (Fsp3) is 0.920. The molecule has 2 unspecified atom stereocenters. The van der Waals surface area contributed by atoms with Gasteiger partial charge in [0, 0.05) is 0 Å². The summed E-state index contributed by atoms with van der Waals surface area (Å²) < 4.78 is -0.665. The number of hydrogen-bond acceptors (Lipinski definition) is 2. The van der Waals surface area contributed by atoms with Gasteiger partial charge in [0.15, 0.2) is 0 Å². The maximum atomic E-state index is 11.3. The summed E-state index contributed by atoms with van der Waals surface area (Å²) in [6.45, 7) is 13.2. The molecule has 5 heteroatoms. The molecule has 0 saturated heterocycles. The molecule has 0 aliphatic rings. The molecule has 0 aromatic carbocycles. The van der Waals surface area contributed by atoms with E-state index in [1.165, 1.54) is 77.0 Å². The van der Waals surface area contributed by atoms with E-state index in [4.69, 9.17) is 5.73 Å². The Morgan fingerprint density at radius 3 is 1.73 bits per heavy atom. The van der Waals surface area contributed by atoms with Crippen LogP contribution >= 0.6 is 15.9 Å². The van der Waals surface area contributed by atoms with Gasteiger partial charge in [0.1, 0.15) is 4.32 Å². The number of imide groups is 1. The van der Waals surface area contributed by atoms with Gasteiger partial charge in [0.05, 0.1) is 0 Å². The molecule has 0 bridgehead atoms. The zero-order valence-corrected chi connectivity index (χ0v) is 22.4. The molecule has 30 heavy (non-hydrogen) atoms. The number of carbonyl (C=O) groups is 2. The average molecular weight is 492 g/mol. The van der Waals surface area contributed by atoms with Gasteiger partial charge in [-0.15, -0.1) is 0 Å². The van der Waals surface area contributed by atoms with Gasteiger partial charge in [0.25, 0.3) is 0 Å². The average Bonchev–Trinajstić information content (AvgIpc) is 2.73. The fourth-order valence-electron chi connectivity index (χ4n) is 3.75. The molecule has 0 aromatic heterocycles. The molecule has 0 aliphatic heterocycles. The van der Waals surface area contributed by atoms with Crippen LogP contribution in [0.1, 0.15) is 131 Å². The van der Waals surface area contributed by atoms with Crippen LogP contribution in [0.5, 0.6) is 0 Å². The number of urea groups is 1. The first-order valence-electron chi connectivity index (χ1n) is 12.5. The van der Waals surface area contributed by atoms with Crippen LogP contribution in [0.15, 0.2) is 0 Å². The highest BCUT2D eigenvalue weighted by Crippen LogP contribution is 2.28. The molecule has 0 fully saturated rings. The maximum Gasteiger partial charge on any atom is 0.318 e. The number of unbranched alkanes of at least 4 members (excludes halogenated alkanes) is 6. The molecule has 2 atom stereocenters. The van der Waals surface area contributed by atoms with E-state index in [1.807, 2.05) is 19.2 Å². The lowest BCUT2D eigenvalue weighted by molar-refractivity contribution is -0.122. The molecule has 0 spiro atoms. The second-order valence-electron chi connectivity index (χ2n) is 8.72. The van der Waals surface area contributed by atoms with Crippen molar-refractivity contribution >= 4 is 27.9 Å². The van der Waals surface area contributed by atoms with Crippen LogP contribution in [0.4, 0.5) is 4.79 Å². The van der Waals surface area contributed by atoms with Gasteiger partial charge >= 0.3 is 6.03 Å². The molecule has 3 amide bonds. The smallest absolute Gasteiger partial charge is 0.318 e. The molecule has 4 nitrogen and oxygen atoms in total. The van der Waals surface area contributed by atoms with Crippen molar-refractivity contribution in [1.29, 1.82) is 0 Å². The summed E-state index contributed by atoms with van der Waals surface area (Å²) >= 11 is 3.26. The van der Waals surface area contributed by atoms with Gasteiger partial charge in [-0.25, -0.2) is 4.79 Å². The molecule has 0 aromatic rings. The molecular formula is C25H51BrN2O2. The highest BCUT2D eigenvalue weighted by atomic mass is 79.9. The van der Waals surface area contributed by atoms with Gasteiger partial charge in [0.2, 0.25) is 5.91 Å². The Bertz CT molecular complexity index is 425. The van der Waals surface area contributed by atoms with Crippen molar-refractivity contribution in [2.75, 3.05) is 0 Å². The summed E-state index contributed by atoms with van der Waals surface area (Å²) in [5, 5.41) is 2.04. The first-order valence-corrected chi connectivity index (χ1v) is 13.3. The summed E-state index contributed by atoms with van der Waals surface area (Å²) in [4.78, 5) is 21.6. The van der Waals surface area contributed by atoms with E-state index in [0.717, 1.165) is 11.8 Å². The van der Waals surface area contributed by atoms with Gasteiger partial charge in [-0.3, -0.25) is 10.1 Å². The number of nitrogens with one attached hydrogen (secondary N) is 1. The first-order chi connectivity index (χ1) is 14.2. The quantitative estimate of drug-likeness (QED) is 0.169. The van der Waals surface area contributed by atoms with Crippen LogP contribution < -0.4 is 11.1 Å². The molecular weight excluding hydrogens is 440 g/mol. The third-order valence-corrected chi connectivity index (χ3v) is 7.67. The molecule has 0 radical (unpaired) electrons. The fourth-order valence-corrected chi connectivity index (χ4v) is 3.85. The van der Waals surface area contributed by atoms with Gasteiger partial charge in [-0.05, 0) is 24.7 Å². The molecule has 0 rings (SSSR count). The minimum Gasteiger partial charge on any atom is -0.351 e. The Kier molecular flexibility index (Phi) is 21.4. The van der Waals surface area contributed by atoms with Crippen LogP contribution in [-0.4, -0.2) is 16.3 Å². The zero-order chi connectivity index (χ0) is 23.4. The highest BCUT2D eigenvalue weighted by Gasteiger charge is 2.32. The number of nitrogens with two attached hydrogens (primary N) is 1. The summed E-state index contributed by atoms with van der Waals surface area (Å²) in [6, 6.07) is -0.814. The number of halogens is 1. The van der Waals surface area contributed by atoms with Crippen molar-refractivity contribution in [1.82, 2.24) is 5.32 Å². The Balaban J connectivity index is 0. The number of carbonyl (C=O) groups excluding carboxylic acids is 2. The van der Waals surface area contributed by atoms with Gasteiger partial charge in [-0.1, -0.05) is 135 Å². The predicted molar refractivity (Wildman–Crippen MR) is 135 cm³/mol. The molecule has 0 aliphatic carbocycles. The summed E-state index contributed by atoms with van der Waals surface area (Å²) in [6.07, 6.45) is 18.5. The predicted octanol–water partition coefficient (Wildman–Crippen LogP) is 8.11. The van der Waals surface area contributed by atoms with E-state index in [-0.39, 0.29) is 5.91 Å². The zero-order valence-electron chi connectivity index (χ0n) is 20.8. The molecule has 3 N–H and O–H groups in total. The number of alkyl halides is 1. The van der Waals surface area contributed by atoms with Crippen molar-refractivity contribution in [3.63, 3.8) is 0 Å². The van der Waals surface area contributed by atoms with E-state index in [2.05, 4.69) is 43.6 Å². The second kappa shape index (κ2) is 20.3. The van der Waals surface area contributed by atoms with E-state index in [9.17, 15) is 9.59 Å². The molecule has 180 valence electrons. The van der Waals surface area contributed by atoms with Crippen molar-refractivity contribution < 1.29 is 9.59 Å². The van der Waals surface area contributed by atoms with Crippen LogP contribution in [-0.2, 0) is 4.79 Å². The lowest BCUT2D eigenvalue weighted by atomic mass is 9.82. The highest BCUT2D eigenvalue weighted by molar-refractivity contribution is 9.10. The van der Waals surface area contributed by atoms with Crippen molar-refractivity contribution in [3.8, 4) is 0 Å². The van der Waals surface area contributed by atoms with Gasteiger partial charge < -0.3 is 5.73 Å². The largest absolute Gasteiger partial charge is 0.351 e. The summed E-state index contributed by atoms with van der Waals surface area (Å²) in [5.74, 6) is 1.60. The molecule has 0 heterocycles. The van der Waals surface area contributed by atoms with Crippen LogP contribution in [0, 0.1) is 11.8 Å². The third-order valence-electron chi connectivity index (χ3n) is 6.19. The number of primary amides is 1. The first kappa shape index (κ1) is 31.6. The maximum absolute atomic E-state index is 11.3. The normalized spacial score (nSPS) is 13.2. The van der Waals surface area contributed by atoms with Crippen molar-refractivity contribution in [3.05, 3.63) is 0 Å². The van der Waals surface area contributed by atoms with Crippen molar-refractivity contribution in [2.45, 2.75) is 136 Å². The van der Waals surface area contributed by atoms with Gasteiger partial charge in [-0.2, -0.15) is 0 Å². The van der Waals surface area contributed by atoms with E-state index < -0.39 is 10.4 Å². The minimum absolute atomic E-state index is 0.375. The number of hydrogen-bond donors (Lipinski definition) is 2. The van der Waals surface area contributed by atoms with Crippen LogP contribution in [0.2, 0.25) is 0 Å². The molecule has 0 saturated carbocycles.